The lowest BCUT2D eigenvalue weighted by Gasteiger charge is -2.35. The van der Waals surface area contributed by atoms with E-state index >= 15 is 0 Å². The minimum Gasteiger partial charge on any atom is -0.497 e. The Kier molecular flexibility index (Phi) is 11.9. The molecule has 1 saturated heterocycles. The molecule has 0 aliphatic carbocycles. The molecule has 3 atom stereocenters. The van der Waals surface area contributed by atoms with Crippen LogP contribution < -0.4 is 15.8 Å². The zero-order valence-electron chi connectivity index (χ0n) is 18.3. The smallest absolute Gasteiger partial charge is 0.224 e. The first-order chi connectivity index (χ1) is 14.1. The van der Waals surface area contributed by atoms with E-state index in [9.17, 15) is 4.79 Å². The van der Waals surface area contributed by atoms with Gasteiger partial charge in [-0.2, -0.15) is 0 Å². The molecular weight excluding hydrogens is 433 g/mol. The molecule has 3 unspecified atom stereocenters. The highest BCUT2D eigenvalue weighted by Gasteiger charge is 2.26. The molecule has 1 aliphatic heterocycles. The second kappa shape index (κ2) is 13.6. The van der Waals surface area contributed by atoms with E-state index < -0.39 is 0 Å². The van der Waals surface area contributed by atoms with Gasteiger partial charge in [0, 0.05) is 12.6 Å². The number of halogens is 2. The first kappa shape index (κ1) is 27.2. The lowest BCUT2D eigenvalue weighted by Crippen LogP contribution is -2.43. The maximum Gasteiger partial charge on any atom is 0.224 e. The Morgan fingerprint density at radius 1 is 1.00 bits per heavy atom. The maximum atomic E-state index is 12.8. The topological polar surface area (TPSA) is 67.6 Å². The fourth-order valence-electron chi connectivity index (χ4n) is 4.00. The molecule has 1 fully saturated rings. The summed E-state index contributed by atoms with van der Waals surface area (Å²) in [6.07, 6.45) is 3.69. The van der Waals surface area contributed by atoms with Crippen LogP contribution in [0.1, 0.15) is 49.4 Å². The van der Waals surface area contributed by atoms with Gasteiger partial charge in [-0.3, -0.25) is 9.69 Å². The number of piperidine rings is 1. The Morgan fingerprint density at radius 2 is 1.61 bits per heavy atom. The van der Waals surface area contributed by atoms with Crippen LogP contribution >= 0.6 is 24.8 Å². The summed E-state index contributed by atoms with van der Waals surface area (Å²) in [4.78, 5) is 15.3. The molecule has 3 N–H and O–H groups in total. The monoisotopic (exact) mass is 467 g/mol. The zero-order chi connectivity index (χ0) is 20.6. The van der Waals surface area contributed by atoms with Crippen LogP contribution in [0.25, 0.3) is 0 Å². The van der Waals surface area contributed by atoms with Crippen molar-refractivity contribution in [2.45, 2.75) is 38.3 Å². The van der Waals surface area contributed by atoms with Gasteiger partial charge in [0.25, 0.3) is 0 Å². The predicted molar refractivity (Wildman–Crippen MR) is 131 cm³/mol. The molecule has 172 valence electrons. The van der Waals surface area contributed by atoms with Crippen molar-refractivity contribution >= 4 is 30.7 Å². The standard InChI is InChI=1S/C24H33N3O2.2ClH/c1-18(23(25)20-9-5-3-6-10-20)24(28)26-17-22(27-15-7-4-8-16-27)19-11-13-21(29-2)14-12-19;;/h3,5-6,9-14,18,22-23H,4,7-8,15-17,25H2,1-2H3,(H,26,28);2*1H. The first-order valence-corrected chi connectivity index (χ1v) is 10.6. The number of carbonyl (C=O) groups excluding carboxylic acids is 1. The van der Waals surface area contributed by atoms with Crippen molar-refractivity contribution in [3.05, 3.63) is 65.7 Å². The van der Waals surface area contributed by atoms with Crippen LogP contribution in [0.4, 0.5) is 0 Å². The summed E-state index contributed by atoms with van der Waals surface area (Å²) in [6.45, 7) is 4.60. The Morgan fingerprint density at radius 3 is 2.19 bits per heavy atom. The van der Waals surface area contributed by atoms with E-state index in [-0.39, 0.29) is 48.7 Å². The fourth-order valence-corrected chi connectivity index (χ4v) is 4.00. The Balaban J connectivity index is 0.00000240. The van der Waals surface area contributed by atoms with Crippen molar-refractivity contribution in [1.82, 2.24) is 10.2 Å². The summed E-state index contributed by atoms with van der Waals surface area (Å²) >= 11 is 0. The highest BCUT2D eigenvalue weighted by Crippen LogP contribution is 2.26. The Hall–Kier alpha value is -1.79. The number of nitrogens with two attached hydrogens (primary N) is 1. The van der Waals surface area contributed by atoms with Crippen LogP contribution in [0, 0.1) is 5.92 Å². The van der Waals surface area contributed by atoms with Gasteiger partial charge in [0.2, 0.25) is 5.91 Å². The number of nitrogens with zero attached hydrogens (tertiary/aromatic N) is 1. The number of amides is 1. The molecule has 0 spiro atoms. The van der Waals surface area contributed by atoms with Crippen LogP contribution in [-0.2, 0) is 4.79 Å². The van der Waals surface area contributed by atoms with Gasteiger partial charge in [-0.25, -0.2) is 0 Å². The van der Waals surface area contributed by atoms with Crippen LogP contribution in [-0.4, -0.2) is 37.6 Å². The van der Waals surface area contributed by atoms with Gasteiger partial charge in [-0.15, -0.1) is 24.8 Å². The van der Waals surface area contributed by atoms with Crippen LogP contribution in [0.15, 0.2) is 54.6 Å². The molecule has 1 amide bonds. The number of likely N-dealkylation sites (tertiary alicyclic amines) is 1. The van der Waals surface area contributed by atoms with E-state index in [1.54, 1.807) is 7.11 Å². The van der Waals surface area contributed by atoms with Gasteiger partial charge < -0.3 is 15.8 Å². The first-order valence-electron chi connectivity index (χ1n) is 10.6. The number of hydrogen-bond donors (Lipinski definition) is 2. The third kappa shape index (κ3) is 7.39. The Labute approximate surface area is 198 Å². The average molecular weight is 468 g/mol. The van der Waals surface area contributed by atoms with Gasteiger partial charge in [-0.05, 0) is 49.2 Å². The molecule has 0 aromatic heterocycles. The molecule has 0 radical (unpaired) electrons. The van der Waals surface area contributed by atoms with Crippen molar-refractivity contribution in [1.29, 1.82) is 0 Å². The van der Waals surface area contributed by atoms with Crippen molar-refractivity contribution in [2.75, 3.05) is 26.7 Å². The van der Waals surface area contributed by atoms with E-state index in [2.05, 4.69) is 22.3 Å². The number of methoxy groups -OCH3 is 1. The largest absolute Gasteiger partial charge is 0.497 e. The maximum absolute atomic E-state index is 12.8. The normalized spacial score (nSPS) is 16.7. The summed E-state index contributed by atoms with van der Waals surface area (Å²) in [7, 11) is 1.68. The van der Waals surface area contributed by atoms with E-state index in [0.29, 0.717) is 6.54 Å². The highest BCUT2D eigenvalue weighted by atomic mass is 35.5. The second-order valence-electron chi connectivity index (χ2n) is 7.86. The molecule has 0 saturated carbocycles. The Bertz CT molecular complexity index is 768. The van der Waals surface area contributed by atoms with E-state index in [1.165, 1.54) is 24.8 Å². The minimum absolute atomic E-state index is 0. The van der Waals surface area contributed by atoms with Gasteiger partial charge in [0.05, 0.1) is 19.1 Å². The quantitative estimate of drug-likeness (QED) is 0.598. The van der Waals surface area contributed by atoms with E-state index in [1.807, 2.05) is 49.4 Å². The van der Waals surface area contributed by atoms with Crippen molar-refractivity contribution < 1.29 is 9.53 Å². The highest BCUT2D eigenvalue weighted by molar-refractivity contribution is 5.85. The van der Waals surface area contributed by atoms with Crippen molar-refractivity contribution in [3.8, 4) is 5.75 Å². The van der Waals surface area contributed by atoms with Crippen LogP contribution in [0.5, 0.6) is 5.75 Å². The number of benzene rings is 2. The molecule has 2 aromatic carbocycles. The third-order valence-electron chi connectivity index (χ3n) is 5.94. The average Bonchev–Trinajstić information content (AvgIpc) is 2.79. The van der Waals surface area contributed by atoms with E-state index in [0.717, 1.165) is 24.4 Å². The number of rotatable bonds is 8. The predicted octanol–water partition coefficient (Wildman–Crippen LogP) is 4.52. The molecule has 31 heavy (non-hydrogen) atoms. The summed E-state index contributed by atoms with van der Waals surface area (Å²) in [6, 6.07) is 17.8. The van der Waals surface area contributed by atoms with Gasteiger partial charge >= 0.3 is 0 Å². The molecule has 0 bridgehead atoms. The number of carbonyl (C=O) groups is 1. The molecule has 3 rings (SSSR count). The molecule has 1 aliphatic rings. The molecule has 2 aromatic rings. The van der Waals surface area contributed by atoms with Crippen molar-refractivity contribution in [3.63, 3.8) is 0 Å². The van der Waals surface area contributed by atoms with Crippen LogP contribution in [0.3, 0.4) is 0 Å². The van der Waals surface area contributed by atoms with E-state index in [4.69, 9.17) is 10.5 Å². The lowest BCUT2D eigenvalue weighted by atomic mass is 9.94. The summed E-state index contributed by atoms with van der Waals surface area (Å²) in [5.74, 6) is 0.546. The van der Waals surface area contributed by atoms with Gasteiger partial charge in [0.15, 0.2) is 0 Å². The number of hydrogen-bond acceptors (Lipinski definition) is 4. The second-order valence-corrected chi connectivity index (χ2v) is 7.86. The fraction of sp³-hybridized carbons (Fsp3) is 0.458. The minimum atomic E-state index is -0.314. The third-order valence-corrected chi connectivity index (χ3v) is 5.94. The zero-order valence-corrected chi connectivity index (χ0v) is 20.0. The molecule has 7 heteroatoms. The summed E-state index contributed by atoms with van der Waals surface area (Å²) in [5, 5.41) is 3.17. The molecular formula is C24H35Cl2N3O2. The lowest BCUT2D eigenvalue weighted by molar-refractivity contribution is -0.125. The van der Waals surface area contributed by atoms with Crippen molar-refractivity contribution in [2.24, 2.45) is 11.7 Å². The number of nitrogens with one attached hydrogen (secondary N) is 1. The van der Waals surface area contributed by atoms with Gasteiger partial charge in [-0.1, -0.05) is 55.8 Å². The SMILES string of the molecule is COc1ccc(C(CNC(=O)C(C)C(N)c2ccccc2)N2CCCCC2)cc1.Cl.Cl. The summed E-state index contributed by atoms with van der Waals surface area (Å²) in [5.41, 5.74) is 8.53. The number of ether oxygens (including phenoxy) is 1. The van der Waals surface area contributed by atoms with Crippen LogP contribution in [0.2, 0.25) is 0 Å². The molecule has 5 nitrogen and oxygen atoms in total. The molecule has 1 heterocycles. The van der Waals surface area contributed by atoms with Gasteiger partial charge in [0.1, 0.15) is 5.75 Å². The summed E-state index contributed by atoms with van der Waals surface area (Å²) < 4.78 is 5.30.